The summed E-state index contributed by atoms with van der Waals surface area (Å²) in [6.07, 6.45) is 5.40. The molecule has 2 heterocycles. The van der Waals surface area contributed by atoms with Crippen LogP contribution in [0.5, 0.6) is 0 Å². The molecule has 0 radical (unpaired) electrons. The fourth-order valence-electron chi connectivity index (χ4n) is 2.98. The number of ether oxygens (including phenoxy) is 1. The van der Waals surface area contributed by atoms with E-state index in [0.29, 0.717) is 12.1 Å². The number of nitrogens with one attached hydrogen (secondary N) is 2. The van der Waals surface area contributed by atoms with E-state index in [0.717, 1.165) is 50.9 Å². The van der Waals surface area contributed by atoms with Gasteiger partial charge in [-0.25, -0.2) is 0 Å². The Balaban J connectivity index is 1.49. The average Bonchev–Trinajstić information content (AvgIpc) is 2.99. The van der Waals surface area contributed by atoms with E-state index in [1.807, 2.05) is 11.4 Å². The topological polar surface area (TPSA) is 50.4 Å². The van der Waals surface area contributed by atoms with Crippen molar-refractivity contribution in [3.05, 3.63) is 21.9 Å². The highest BCUT2D eigenvalue weighted by molar-refractivity contribution is 7.10. The molecule has 0 aromatic carbocycles. The van der Waals surface area contributed by atoms with Crippen molar-refractivity contribution in [3.8, 4) is 0 Å². The summed E-state index contributed by atoms with van der Waals surface area (Å²) < 4.78 is 5.39. The van der Waals surface area contributed by atoms with E-state index in [-0.39, 0.29) is 11.9 Å². The third-order valence-electron chi connectivity index (χ3n) is 4.53. The highest BCUT2D eigenvalue weighted by Crippen LogP contribution is 2.23. The Morgan fingerprint density at radius 1 is 1.29 bits per heavy atom. The van der Waals surface area contributed by atoms with Crippen LogP contribution in [-0.4, -0.2) is 37.2 Å². The molecule has 1 saturated heterocycles. The third-order valence-corrected chi connectivity index (χ3v) is 5.61. The number of hydrogen-bond acceptors (Lipinski definition) is 4. The monoisotopic (exact) mass is 308 g/mol. The summed E-state index contributed by atoms with van der Waals surface area (Å²) in [5.74, 6) is 0.0782. The molecule has 2 N–H and O–H groups in total. The Morgan fingerprint density at radius 2 is 2.05 bits per heavy atom. The molecule has 116 valence electrons. The molecule has 1 aliphatic heterocycles. The van der Waals surface area contributed by atoms with Gasteiger partial charge in [-0.05, 0) is 38.2 Å². The van der Waals surface area contributed by atoms with Gasteiger partial charge in [0, 0.05) is 41.6 Å². The molecular weight excluding hydrogens is 284 g/mol. The molecule has 5 heteroatoms. The molecule has 4 nitrogen and oxygen atoms in total. The Hall–Kier alpha value is -0.910. The van der Waals surface area contributed by atoms with Crippen molar-refractivity contribution in [1.29, 1.82) is 0 Å². The SMILES string of the molecule is CCc1cc(C(=O)N[C@@H]2CC[C@@H]2NC2CCOCC2)cs1. The largest absolute Gasteiger partial charge is 0.381 e. The molecule has 1 aromatic rings. The van der Waals surface area contributed by atoms with Gasteiger partial charge in [0.05, 0.1) is 5.56 Å². The average molecular weight is 308 g/mol. The van der Waals surface area contributed by atoms with Crippen molar-refractivity contribution in [2.45, 2.75) is 57.2 Å². The lowest BCUT2D eigenvalue weighted by atomic mass is 9.85. The van der Waals surface area contributed by atoms with Crippen LogP contribution in [0, 0.1) is 0 Å². The maximum Gasteiger partial charge on any atom is 0.252 e. The van der Waals surface area contributed by atoms with E-state index in [2.05, 4.69) is 17.6 Å². The van der Waals surface area contributed by atoms with Gasteiger partial charge in [0.1, 0.15) is 0 Å². The summed E-state index contributed by atoms with van der Waals surface area (Å²) >= 11 is 1.67. The normalized spacial score (nSPS) is 26.3. The van der Waals surface area contributed by atoms with Crippen LogP contribution in [0.1, 0.15) is 47.8 Å². The van der Waals surface area contributed by atoms with Crippen molar-refractivity contribution < 1.29 is 9.53 Å². The minimum atomic E-state index is 0.0782. The quantitative estimate of drug-likeness (QED) is 0.878. The lowest BCUT2D eigenvalue weighted by molar-refractivity contribution is 0.0652. The Bertz CT molecular complexity index is 482. The van der Waals surface area contributed by atoms with E-state index in [9.17, 15) is 4.79 Å². The van der Waals surface area contributed by atoms with Gasteiger partial charge in [-0.15, -0.1) is 11.3 Å². The second-order valence-corrected chi connectivity index (χ2v) is 6.97. The number of aryl methyl sites for hydroxylation is 1. The maximum absolute atomic E-state index is 12.3. The van der Waals surface area contributed by atoms with E-state index >= 15 is 0 Å². The second kappa shape index (κ2) is 6.90. The first kappa shape index (κ1) is 15.0. The van der Waals surface area contributed by atoms with Crippen LogP contribution >= 0.6 is 11.3 Å². The van der Waals surface area contributed by atoms with Crippen molar-refractivity contribution in [3.63, 3.8) is 0 Å². The predicted molar refractivity (Wildman–Crippen MR) is 84.9 cm³/mol. The Morgan fingerprint density at radius 3 is 2.67 bits per heavy atom. The molecule has 1 aromatic heterocycles. The lowest BCUT2D eigenvalue weighted by Gasteiger charge is -2.41. The van der Waals surface area contributed by atoms with E-state index in [1.54, 1.807) is 11.3 Å². The first-order chi connectivity index (χ1) is 10.3. The molecule has 1 amide bonds. The van der Waals surface area contributed by atoms with Crippen LogP contribution in [0.3, 0.4) is 0 Å². The summed E-state index contributed by atoms with van der Waals surface area (Å²) in [7, 11) is 0. The van der Waals surface area contributed by atoms with Crippen LogP contribution in [-0.2, 0) is 11.2 Å². The minimum Gasteiger partial charge on any atom is -0.381 e. The third kappa shape index (κ3) is 3.65. The highest BCUT2D eigenvalue weighted by Gasteiger charge is 2.34. The van der Waals surface area contributed by atoms with E-state index < -0.39 is 0 Å². The van der Waals surface area contributed by atoms with Gasteiger partial charge in [0.25, 0.3) is 5.91 Å². The molecule has 0 spiro atoms. The molecule has 2 aliphatic rings. The zero-order valence-corrected chi connectivity index (χ0v) is 13.4. The van der Waals surface area contributed by atoms with Gasteiger partial charge in [-0.1, -0.05) is 6.92 Å². The number of rotatable bonds is 5. The van der Waals surface area contributed by atoms with Crippen molar-refractivity contribution >= 4 is 17.2 Å². The number of thiophene rings is 1. The molecule has 0 unspecified atom stereocenters. The van der Waals surface area contributed by atoms with Crippen LogP contribution in [0.4, 0.5) is 0 Å². The Labute approximate surface area is 130 Å². The zero-order valence-electron chi connectivity index (χ0n) is 12.6. The van der Waals surface area contributed by atoms with Crippen LogP contribution < -0.4 is 10.6 Å². The summed E-state index contributed by atoms with van der Waals surface area (Å²) in [6.45, 7) is 3.83. The van der Waals surface area contributed by atoms with Gasteiger partial charge < -0.3 is 15.4 Å². The van der Waals surface area contributed by atoms with Crippen LogP contribution in [0.25, 0.3) is 0 Å². The van der Waals surface area contributed by atoms with Gasteiger partial charge in [-0.3, -0.25) is 4.79 Å². The van der Waals surface area contributed by atoms with E-state index in [1.165, 1.54) is 4.88 Å². The van der Waals surface area contributed by atoms with Gasteiger partial charge >= 0.3 is 0 Å². The summed E-state index contributed by atoms with van der Waals surface area (Å²) in [5.41, 5.74) is 0.813. The summed E-state index contributed by atoms with van der Waals surface area (Å²) in [4.78, 5) is 13.5. The van der Waals surface area contributed by atoms with Gasteiger partial charge in [0.15, 0.2) is 0 Å². The maximum atomic E-state index is 12.3. The highest BCUT2D eigenvalue weighted by atomic mass is 32.1. The van der Waals surface area contributed by atoms with E-state index in [4.69, 9.17) is 4.74 Å². The lowest BCUT2D eigenvalue weighted by Crippen LogP contribution is -2.59. The zero-order chi connectivity index (χ0) is 14.7. The van der Waals surface area contributed by atoms with Crippen LogP contribution in [0.15, 0.2) is 11.4 Å². The molecule has 0 bridgehead atoms. The molecular formula is C16H24N2O2S. The second-order valence-electron chi connectivity index (χ2n) is 5.97. The minimum absolute atomic E-state index is 0.0782. The van der Waals surface area contributed by atoms with Crippen molar-refractivity contribution in [1.82, 2.24) is 10.6 Å². The molecule has 1 aliphatic carbocycles. The van der Waals surface area contributed by atoms with Gasteiger partial charge in [-0.2, -0.15) is 0 Å². The molecule has 2 atom stereocenters. The molecule has 2 fully saturated rings. The smallest absolute Gasteiger partial charge is 0.252 e. The molecule has 3 rings (SSSR count). The fraction of sp³-hybridized carbons (Fsp3) is 0.688. The number of carbonyl (C=O) groups is 1. The molecule has 1 saturated carbocycles. The molecule has 21 heavy (non-hydrogen) atoms. The predicted octanol–water partition coefficient (Wildman–Crippen LogP) is 2.34. The Kier molecular flexibility index (Phi) is 4.93. The number of carbonyl (C=O) groups excluding carboxylic acids is 1. The first-order valence-electron chi connectivity index (χ1n) is 7.98. The van der Waals surface area contributed by atoms with Gasteiger partial charge in [0.2, 0.25) is 0 Å². The van der Waals surface area contributed by atoms with Crippen LogP contribution in [0.2, 0.25) is 0 Å². The number of hydrogen-bond donors (Lipinski definition) is 2. The standard InChI is InChI=1S/C16H24N2O2S/c1-2-13-9-11(10-21-13)16(19)18-15-4-3-14(15)17-12-5-7-20-8-6-12/h9-10,12,14-15,17H,2-8H2,1H3,(H,18,19)/t14-,15+/m0/s1. The summed E-state index contributed by atoms with van der Waals surface area (Å²) in [6, 6.07) is 3.28. The first-order valence-corrected chi connectivity index (χ1v) is 8.86. The number of amides is 1. The fourth-order valence-corrected chi connectivity index (χ4v) is 3.79. The van der Waals surface area contributed by atoms with Crippen molar-refractivity contribution in [2.75, 3.05) is 13.2 Å². The van der Waals surface area contributed by atoms with Crippen molar-refractivity contribution in [2.24, 2.45) is 0 Å². The summed E-state index contributed by atoms with van der Waals surface area (Å²) in [5, 5.41) is 8.84.